The third-order valence-electron chi connectivity index (χ3n) is 3.28. The second kappa shape index (κ2) is 5.83. The lowest BCUT2D eigenvalue weighted by Crippen LogP contribution is -2.45. The molecule has 3 unspecified atom stereocenters. The third kappa shape index (κ3) is 4.49. The van der Waals surface area contributed by atoms with Gasteiger partial charge in [0, 0.05) is 18.6 Å². The molecule has 0 aromatic heterocycles. The fourth-order valence-electron chi connectivity index (χ4n) is 2.09. The SMILES string of the molecule is CC1CC(NCC(C)N(C)C)CC(C)O1. The first-order valence-electron chi connectivity index (χ1n) is 6.04. The lowest BCUT2D eigenvalue weighted by atomic mass is 9.99. The average Bonchev–Trinajstić information content (AvgIpc) is 2.12. The van der Waals surface area contributed by atoms with Crippen LogP contribution in [-0.2, 0) is 4.74 Å². The van der Waals surface area contributed by atoms with Gasteiger partial charge in [-0.1, -0.05) is 0 Å². The normalized spacial score (nSPS) is 34.4. The van der Waals surface area contributed by atoms with E-state index in [9.17, 15) is 0 Å². The quantitative estimate of drug-likeness (QED) is 0.767. The molecule has 0 spiro atoms. The van der Waals surface area contributed by atoms with Gasteiger partial charge in [0.25, 0.3) is 0 Å². The lowest BCUT2D eigenvalue weighted by molar-refractivity contribution is -0.0425. The summed E-state index contributed by atoms with van der Waals surface area (Å²) >= 11 is 0. The van der Waals surface area contributed by atoms with Gasteiger partial charge in [0.15, 0.2) is 0 Å². The second-order valence-corrected chi connectivity index (χ2v) is 5.15. The molecule has 90 valence electrons. The number of rotatable bonds is 4. The van der Waals surface area contributed by atoms with Gasteiger partial charge in [-0.2, -0.15) is 0 Å². The van der Waals surface area contributed by atoms with Crippen LogP contribution in [0.25, 0.3) is 0 Å². The first kappa shape index (κ1) is 12.9. The van der Waals surface area contributed by atoms with Gasteiger partial charge in [0.1, 0.15) is 0 Å². The van der Waals surface area contributed by atoms with E-state index >= 15 is 0 Å². The molecule has 0 aromatic carbocycles. The molecule has 1 saturated heterocycles. The summed E-state index contributed by atoms with van der Waals surface area (Å²) in [6, 6.07) is 1.23. The maximum atomic E-state index is 5.72. The summed E-state index contributed by atoms with van der Waals surface area (Å²) in [4.78, 5) is 2.25. The molecule has 1 N–H and O–H groups in total. The van der Waals surface area contributed by atoms with Crippen LogP contribution in [0.3, 0.4) is 0 Å². The summed E-state index contributed by atoms with van der Waals surface area (Å²) in [5.41, 5.74) is 0. The number of nitrogens with one attached hydrogen (secondary N) is 1. The van der Waals surface area contributed by atoms with Gasteiger partial charge in [0.05, 0.1) is 12.2 Å². The fourth-order valence-corrected chi connectivity index (χ4v) is 2.09. The van der Waals surface area contributed by atoms with Gasteiger partial charge in [-0.25, -0.2) is 0 Å². The predicted octanol–water partition coefficient (Wildman–Crippen LogP) is 1.48. The molecule has 1 heterocycles. The van der Waals surface area contributed by atoms with E-state index in [-0.39, 0.29) is 0 Å². The first-order valence-corrected chi connectivity index (χ1v) is 6.04. The Balaban J connectivity index is 2.26. The maximum absolute atomic E-state index is 5.72. The highest BCUT2D eigenvalue weighted by Gasteiger charge is 2.24. The largest absolute Gasteiger partial charge is 0.375 e. The van der Waals surface area contributed by atoms with Crippen LogP contribution in [0.5, 0.6) is 0 Å². The van der Waals surface area contributed by atoms with E-state index in [0.29, 0.717) is 24.3 Å². The molecule has 0 bridgehead atoms. The van der Waals surface area contributed by atoms with Crippen LogP contribution >= 0.6 is 0 Å². The molecule has 3 atom stereocenters. The topological polar surface area (TPSA) is 24.5 Å². The first-order chi connectivity index (χ1) is 6.99. The lowest BCUT2D eigenvalue weighted by Gasteiger charge is -2.34. The van der Waals surface area contributed by atoms with Gasteiger partial charge in [-0.05, 0) is 47.7 Å². The number of ether oxygens (including phenoxy) is 1. The van der Waals surface area contributed by atoms with Crippen molar-refractivity contribution in [2.24, 2.45) is 0 Å². The van der Waals surface area contributed by atoms with Crippen molar-refractivity contribution in [1.82, 2.24) is 10.2 Å². The van der Waals surface area contributed by atoms with Crippen LogP contribution in [-0.4, -0.2) is 49.8 Å². The summed E-state index contributed by atoms with van der Waals surface area (Å²) in [5.74, 6) is 0. The minimum atomic E-state index is 0.404. The molecule has 0 amide bonds. The van der Waals surface area contributed by atoms with E-state index in [0.717, 1.165) is 19.4 Å². The number of nitrogens with zero attached hydrogens (tertiary/aromatic N) is 1. The fraction of sp³-hybridized carbons (Fsp3) is 1.00. The average molecular weight is 214 g/mol. The summed E-state index contributed by atoms with van der Waals surface area (Å²) < 4.78 is 5.72. The van der Waals surface area contributed by atoms with E-state index in [4.69, 9.17) is 4.74 Å². The van der Waals surface area contributed by atoms with E-state index in [2.05, 4.69) is 45.1 Å². The second-order valence-electron chi connectivity index (χ2n) is 5.15. The molecule has 1 aliphatic heterocycles. The molecule has 1 fully saturated rings. The molecule has 15 heavy (non-hydrogen) atoms. The van der Waals surface area contributed by atoms with E-state index in [1.165, 1.54) is 0 Å². The van der Waals surface area contributed by atoms with Crippen LogP contribution in [0.1, 0.15) is 33.6 Å². The third-order valence-corrected chi connectivity index (χ3v) is 3.28. The zero-order chi connectivity index (χ0) is 11.4. The Labute approximate surface area is 94.2 Å². The van der Waals surface area contributed by atoms with E-state index in [1.807, 2.05) is 0 Å². The molecular formula is C12H26N2O. The smallest absolute Gasteiger partial charge is 0.0565 e. The standard InChI is InChI=1S/C12H26N2O/c1-9(14(4)5)8-13-12-6-10(2)15-11(3)7-12/h9-13H,6-8H2,1-5H3. The monoisotopic (exact) mass is 214 g/mol. The highest BCUT2D eigenvalue weighted by atomic mass is 16.5. The van der Waals surface area contributed by atoms with Gasteiger partial charge in [0.2, 0.25) is 0 Å². The Morgan fingerprint density at radius 2 is 1.80 bits per heavy atom. The summed E-state index contributed by atoms with van der Waals surface area (Å²) in [7, 11) is 4.25. The Morgan fingerprint density at radius 3 is 2.27 bits per heavy atom. The number of hydrogen-bond donors (Lipinski definition) is 1. The van der Waals surface area contributed by atoms with Crippen molar-refractivity contribution in [2.45, 2.75) is 57.9 Å². The zero-order valence-electron chi connectivity index (χ0n) is 10.8. The molecule has 3 nitrogen and oxygen atoms in total. The van der Waals surface area contributed by atoms with Gasteiger partial charge < -0.3 is 15.0 Å². The van der Waals surface area contributed by atoms with Crippen LogP contribution in [0.2, 0.25) is 0 Å². The number of hydrogen-bond acceptors (Lipinski definition) is 3. The number of likely N-dealkylation sites (N-methyl/N-ethyl adjacent to an activating group) is 1. The van der Waals surface area contributed by atoms with Gasteiger partial charge in [-0.3, -0.25) is 0 Å². The molecule has 0 aliphatic carbocycles. The van der Waals surface area contributed by atoms with Gasteiger partial charge >= 0.3 is 0 Å². The van der Waals surface area contributed by atoms with Crippen LogP contribution in [0.15, 0.2) is 0 Å². The molecule has 0 aromatic rings. The van der Waals surface area contributed by atoms with Crippen molar-refractivity contribution < 1.29 is 4.74 Å². The van der Waals surface area contributed by atoms with E-state index < -0.39 is 0 Å². The van der Waals surface area contributed by atoms with Crippen molar-refractivity contribution in [2.75, 3.05) is 20.6 Å². The highest BCUT2D eigenvalue weighted by molar-refractivity contribution is 4.79. The highest BCUT2D eigenvalue weighted by Crippen LogP contribution is 2.18. The molecule has 3 heteroatoms. The molecule has 0 saturated carbocycles. The minimum Gasteiger partial charge on any atom is -0.375 e. The molecular weight excluding hydrogens is 188 g/mol. The summed E-state index contributed by atoms with van der Waals surface area (Å²) in [6.07, 6.45) is 3.09. The van der Waals surface area contributed by atoms with Crippen LogP contribution < -0.4 is 5.32 Å². The van der Waals surface area contributed by atoms with Crippen molar-refractivity contribution in [3.63, 3.8) is 0 Å². The van der Waals surface area contributed by atoms with Crippen LogP contribution in [0.4, 0.5) is 0 Å². The summed E-state index contributed by atoms with van der Waals surface area (Å²) in [6.45, 7) is 7.65. The Morgan fingerprint density at radius 1 is 1.27 bits per heavy atom. The Hall–Kier alpha value is -0.120. The van der Waals surface area contributed by atoms with Crippen molar-refractivity contribution in [1.29, 1.82) is 0 Å². The Bertz CT molecular complexity index is 174. The predicted molar refractivity (Wildman–Crippen MR) is 64.2 cm³/mol. The van der Waals surface area contributed by atoms with Crippen LogP contribution in [0, 0.1) is 0 Å². The Kier molecular flexibility index (Phi) is 5.03. The molecule has 0 radical (unpaired) electrons. The summed E-state index contributed by atoms with van der Waals surface area (Å²) in [5, 5.41) is 3.64. The maximum Gasteiger partial charge on any atom is 0.0565 e. The van der Waals surface area contributed by atoms with E-state index in [1.54, 1.807) is 0 Å². The van der Waals surface area contributed by atoms with Crippen molar-refractivity contribution >= 4 is 0 Å². The molecule has 1 rings (SSSR count). The zero-order valence-corrected chi connectivity index (χ0v) is 10.8. The minimum absolute atomic E-state index is 0.404. The molecule has 1 aliphatic rings. The van der Waals surface area contributed by atoms with Gasteiger partial charge in [-0.15, -0.1) is 0 Å². The van der Waals surface area contributed by atoms with Crippen molar-refractivity contribution in [3.05, 3.63) is 0 Å². The van der Waals surface area contributed by atoms with Crippen molar-refractivity contribution in [3.8, 4) is 0 Å².